The van der Waals surface area contributed by atoms with E-state index in [-0.39, 0.29) is 18.4 Å². The molecule has 0 saturated heterocycles. The molecule has 0 bridgehead atoms. The van der Waals surface area contributed by atoms with E-state index in [2.05, 4.69) is 0 Å². The van der Waals surface area contributed by atoms with E-state index in [9.17, 15) is 15.0 Å². The SMILES string of the molecule is CCC(C)c1cc(CO)c(C(C)C)cc1C(=O)O. The van der Waals surface area contributed by atoms with Crippen molar-refractivity contribution in [2.24, 2.45) is 0 Å². The van der Waals surface area contributed by atoms with Gasteiger partial charge in [0.25, 0.3) is 0 Å². The number of benzene rings is 1. The number of aromatic carboxylic acids is 1. The van der Waals surface area contributed by atoms with Gasteiger partial charge in [-0.1, -0.05) is 33.8 Å². The van der Waals surface area contributed by atoms with Gasteiger partial charge in [0.05, 0.1) is 12.2 Å². The van der Waals surface area contributed by atoms with Crippen LogP contribution in [0.2, 0.25) is 0 Å². The Morgan fingerprint density at radius 2 is 1.83 bits per heavy atom. The topological polar surface area (TPSA) is 57.5 Å². The van der Waals surface area contributed by atoms with Gasteiger partial charge >= 0.3 is 5.97 Å². The van der Waals surface area contributed by atoms with Crippen LogP contribution in [-0.4, -0.2) is 16.2 Å². The molecule has 0 aliphatic rings. The molecule has 0 saturated carbocycles. The van der Waals surface area contributed by atoms with Crippen LogP contribution in [0.3, 0.4) is 0 Å². The van der Waals surface area contributed by atoms with E-state index in [1.807, 2.05) is 33.8 Å². The molecule has 3 nitrogen and oxygen atoms in total. The highest BCUT2D eigenvalue weighted by Crippen LogP contribution is 2.29. The van der Waals surface area contributed by atoms with E-state index in [0.29, 0.717) is 5.56 Å². The minimum absolute atomic E-state index is 0.0448. The summed E-state index contributed by atoms with van der Waals surface area (Å²) >= 11 is 0. The van der Waals surface area contributed by atoms with Gasteiger partial charge in [-0.05, 0) is 41.0 Å². The summed E-state index contributed by atoms with van der Waals surface area (Å²) in [6.07, 6.45) is 0.881. The minimum atomic E-state index is -0.892. The first kappa shape index (κ1) is 14.7. The average Bonchev–Trinajstić information content (AvgIpc) is 2.35. The van der Waals surface area contributed by atoms with Crippen molar-refractivity contribution in [1.82, 2.24) is 0 Å². The number of hydrogen-bond acceptors (Lipinski definition) is 2. The van der Waals surface area contributed by atoms with Crippen LogP contribution in [0.5, 0.6) is 0 Å². The molecule has 0 heterocycles. The number of hydrogen-bond donors (Lipinski definition) is 2. The second kappa shape index (κ2) is 6.01. The van der Waals surface area contributed by atoms with Gasteiger partial charge in [-0.3, -0.25) is 0 Å². The van der Waals surface area contributed by atoms with Gasteiger partial charge in [-0.2, -0.15) is 0 Å². The highest BCUT2D eigenvalue weighted by Gasteiger charge is 2.19. The zero-order valence-electron chi connectivity index (χ0n) is 11.5. The third-order valence-electron chi connectivity index (χ3n) is 3.48. The van der Waals surface area contributed by atoms with Gasteiger partial charge in [0, 0.05) is 0 Å². The molecule has 1 rings (SSSR count). The second-order valence-corrected chi connectivity index (χ2v) is 5.07. The van der Waals surface area contributed by atoms with Gasteiger partial charge in [-0.25, -0.2) is 4.79 Å². The van der Waals surface area contributed by atoms with E-state index in [1.54, 1.807) is 6.07 Å². The first-order valence-corrected chi connectivity index (χ1v) is 6.43. The largest absolute Gasteiger partial charge is 0.478 e. The molecule has 18 heavy (non-hydrogen) atoms. The summed E-state index contributed by atoms with van der Waals surface area (Å²) in [7, 11) is 0. The van der Waals surface area contributed by atoms with Crippen LogP contribution in [0.1, 0.15) is 73.0 Å². The van der Waals surface area contributed by atoms with Gasteiger partial charge in [-0.15, -0.1) is 0 Å². The number of carboxylic acids is 1. The molecule has 0 aliphatic carbocycles. The van der Waals surface area contributed by atoms with Crippen molar-refractivity contribution >= 4 is 5.97 Å². The smallest absolute Gasteiger partial charge is 0.335 e. The summed E-state index contributed by atoms with van der Waals surface area (Å²) in [6, 6.07) is 3.58. The molecule has 3 heteroatoms. The molecule has 2 N–H and O–H groups in total. The summed E-state index contributed by atoms with van der Waals surface area (Å²) in [6.45, 7) is 8.01. The highest BCUT2D eigenvalue weighted by atomic mass is 16.4. The fraction of sp³-hybridized carbons (Fsp3) is 0.533. The third kappa shape index (κ3) is 2.91. The quantitative estimate of drug-likeness (QED) is 0.840. The van der Waals surface area contributed by atoms with Crippen molar-refractivity contribution in [3.05, 3.63) is 34.4 Å². The summed E-state index contributed by atoms with van der Waals surface area (Å²) in [5.41, 5.74) is 2.94. The molecule has 1 atom stereocenters. The van der Waals surface area contributed by atoms with Gasteiger partial charge in [0.15, 0.2) is 0 Å². The van der Waals surface area contributed by atoms with Crippen molar-refractivity contribution in [3.63, 3.8) is 0 Å². The maximum atomic E-state index is 11.4. The Labute approximate surface area is 108 Å². The zero-order chi connectivity index (χ0) is 13.9. The van der Waals surface area contributed by atoms with Gasteiger partial charge < -0.3 is 10.2 Å². The fourth-order valence-electron chi connectivity index (χ4n) is 2.17. The lowest BCUT2D eigenvalue weighted by atomic mass is 9.87. The van der Waals surface area contributed by atoms with E-state index in [0.717, 1.165) is 23.1 Å². The molecule has 0 aliphatic heterocycles. The zero-order valence-corrected chi connectivity index (χ0v) is 11.5. The van der Waals surface area contributed by atoms with Crippen molar-refractivity contribution in [1.29, 1.82) is 0 Å². The standard InChI is InChI=1S/C15H22O3/c1-5-10(4)13-6-11(8-16)12(9(2)3)7-14(13)15(17)18/h6-7,9-10,16H,5,8H2,1-4H3,(H,17,18). The molecule has 100 valence electrons. The number of carbonyl (C=O) groups is 1. The van der Waals surface area contributed by atoms with E-state index < -0.39 is 5.97 Å². The number of aliphatic hydroxyl groups excluding tert-OH is 1. The molecule has 0 fully saturated rings. The van der Waals surface area contributed by atoms with Crippen molar-refractivity contribution in [3.8, 4) is 0 Å². The lowest BCUT2D eigenvalue weighted by Crippen LogP contribution is -2.09. The van der Waals surface area contributed by atoms with Gasteiger partial charge in [0.2, 0.25) is 0 Å². The predicted octanol–water partition coefficient (Wildman–Crippen LogP) is 3.51. The molecule has 0 amide bonds. The van der Waals surface area contributed by atoms with Crippen LogP contribution in [0.15, 0.2) is 12.1 Å². The van der Waals surface area contributed by atoms with Crippen LogP contribution in [0, 0.1) is 0 Å². The molecule has 1 aromatic rings. The van der Waals surface area contributed by atoms with Crippen molar-refractivity contribution in [2.75, 3.05) is 0 Å². The van der Waals surface area contributed by atoms with E-state index in [1.165, 1.54) is 0 Å². The number of carboxylic acid groups (broad SMARTS) is 1. The normalized spacial score (nSPS) is 12.8. The average molecular weight is 250 g/mol. The maximum Gasteiger partial charge on any atom is 0.335 e. The van der Waals surface area contributed by atoms with E-state index in [4.69, 9.17) is 0 Å². The van der Waals surface area contributed by atoms with Gasteiger partial charge in [0.1, 0.15) is 0 Å². The van der Waals surface area contributed by atoms with Crippen LogP contribution < -0.4 is 0 Å². The molecule has 1 unspecified atom stereocenters. The molecule has 0 spiro atoms. The summed E-state index contributed by atoms with van der Waals surface area (Å²) in [4.78, 5) is 11.4. The summed E-state index contributed by atoms with van der Waals surface area (Å²) in [5.74, 6) is -0.504. The van der Waals surface area contributed by atoms with Crippen LogP contribution in [-0.2, 0) is 6.61 Å². The first-order valence-electron chi connectivity index (χ1n) is 6.43. The van der Waals surface area contributed by atoms with Crippen LogP contribution in [0.25, 0.3) is 0 Å². The Morgan fingerprint density at radius 1 is 1.22 bits per heavy atom. The van der Waals surface area contributed by atoms with Crippen molar-refractivity contribution < 1.29 is 15.0 Å². The maximum absolute atomic E-state index is 11.4. The molecular weight excluding hydrogens is 228 g/mol. The Hall–Kier alpha value is -1.35. The number of aliphatic hydroxyl groups is 1. The first-order chi connectivity index (χ1) is 8.42. The van der Waals surface area contributed by atoms with Crippen LogP contribution in [0.4, 0.5) is 0 Å². The summed E-state index contributed by atoms with van der Waals surface area (Å²) in [5, 5.41) is 18.7. The Kier molecular flexibility index (Phi) is 4.91. The van der Waals surface area contributed by atoms with E-state index >= 15 is 0 Å². The Morgan fingerprint density at radius 3 is 2.22 bits per heavy atom. The monoisotopic (exact) mass is 250 g/mol. The number of rotatable bonds is 5. The summed E-state index contributed by atoms with van der Waals surface area (Å²) < 4.78 is 0. The molecule has 0 aromatic heterocycles. The lowest BCUT2D eigenvalue weighted by molar-refractivity contribution is 0.0695. The predicted molar refractivity (Wildman–Crippen MR) is 72.1 cm³/mol. The Bertz CT molecular complexity index is 436. The fourth-order valence-corrected chi connectivity index (χ4v) is 2.17. The minimum Gasteiger partial charge on any atom is -0.478 e. The molecule has 1 aromatic carbocycles. The molecule has 0 radical (unpaired) electrons. The molecular formula is C15H22O3. The second-order valence-electron chi connectivity index (χ2n) is 5.07. The third-order valence-corrected chi connectivity index (χ3v) is 3.48. The highest BCUT2D eigenvalue weighted by molar-refractivity contribution is 5.90. The Balaban J connectivity index is 3.46. The van der Waals surface area contributed by atoms with Crippen molar-refractivity contribution in [2.45, 2.75) is 52.6 Å². The lowest BCUT2D eigenvalue weighted by Gasteiger charge is -2.19. The van der Waals surface area contributed by atoms with Crippen LogP contribution >= 0.6 is 0 Å².